The monoisotopic (exact) mass is 377 g/mol. The number of nitrogens with zero attached hydrogens (tertiary/aromatic N) is 1. The standard InChI is InChI=1S/C18H20FN3O3S/c19-14-5-3-13(4-6-14)17-2-1-11-22(17)12-18(23)21-15-7-9-16(10-8-15)26(20,24)25/h3-10,17H,1-2,11-12H2,(H,21,23)(H2,20,24,25)/t17-/m0/s1. The van der Waals surface area contributed by atoms with Crippen LogP contribution in [0.2, 0.25) is 0 Å². The summed E-state index contributed by atoms with van der Waals surface area (Å²) in [5.74, 6) is -0.471. The first-order valence-electron chi connectivity index (χ1n) is 8.25. The van der Waals surface area contributed by atoms with Gasteiger partial charge in [0.2, 0.25) is 15.9 Å². The van der Waals surface area contributed by atoms with Crippen molar-refractivity contribution in [1.82, 2.24) is 4.90 Å². The van der Waals surface area contributed by atoms with E-state index in [0.29, 0.717) is 5.69 Å². The minimum atomic E-state index is -3.76. The summed E-state index contributed by atoms with van der Waals surface area (Å²) >= 11 is 0. The first-order chi connectivity index (χ1) is 12.3. The molecule has 0 aromatic heterocycles. The highest BCUT2D eigenvalue weighted by Gasteiger charge is 2.27. The zero-order valence-electron chi connectivity index (χ0n) is 14.1. The van der Waals surface area contributed by atoms with Crippen molar-refractivity contribution >= 4 is 21.6 Å². The van der Waals surface area contributed by atoms with Crippen molar-refractivity contribution < 1.29 is 17.6 Å². The molecule has 0 bridgehead atoms. The molecule has 1 fully saturated rings. The predicted octanol–water partition coefficient (Wildman–Crippen LogP) is 2.25. The molecule has 3 N–H and O–H groups in total. The molecule has 0 unspecified atom stereocenters. The third-order valence-corrected chi connectivity index (χ3v) is 5.36. The molecule has 1 amide bonds. The second-order valence-corrected chi connectivity index (χ2v) is 7.86. The second-order valence-electron chi connectivity index (χ2n) is 6.30. The molecule has 0 aliphatic carbocycles. The third kappa shape index (κ3) is 4.46. The summed E-state index contributed by atoms with van der Waals surface area (Å²) in [5.41, 5.74) is 1.49. The lowest BCUT2D eigenvalue weighted by Gasteiger charge is -2.24. The van der Waals surface area contributed by atoms with Crippen LogP contribution in [0, 0.1) is 5.82 Å². The number of anilines is 1. The number of carbonyl (C=O) groups is 1. The molecule has 138 valence electrons. The van der Waals surface area contributed by atoms with Crippen LogP contribution >= 0.6 is 0 Å². The smallest absolute Gasteiger partial charge is 0.238 e. The summed E-state index contributed by atoms with van der Waals surface area (Å²) < 4.78 is 35.6. The Labute approximate surface area is 151 Å². The van der Waals surface area contributed by atoms with Crippen molar-refractivity contribution in [2.24, 2.45) is 5.14 Å². The van der Waals surface area contributed by atoms with Gasteiger partial charge in [-0.2, -0.15) is 0 Å². The van der Waals surface area contributed by atoms with Crippen LogP contribution in [-0.4, -0.2) is 32.3 Å². The number of halogens is 1. The van der Waals surface area contributed by atoms with Crippen LogP contribution in [0.15, 0.2) is 53.4 Å². The maximum Gasteiger partial charge on any atom is 0.238 e. The van der Waals surface area contributed by atoms with E-state index in [1.807, 2.05) is 0 Å². The van der Waals surface area contributed by atoms with Gasteiger partial charge in [0.25, 0.3) is 0 Å². The van der Waals surface area contributed by atoms with Crippen LogP contribution in [0.3, 0.4) is 0 Å². The van der Waals surface area contributed by atoms with Crippen LogP contribution in [0.5, 0.6) is 0 Å². The quantitative estimate of drug-likeness (QED) is 0.836. The molecule has 0 spiro atoms. The van der Waals surface area contributed by atoms with Gasteiger partial charge >= 0.3 is 0 Å². The van der Waals surface area contributed by atoms with Crippen LogP contribution in [-0.2, 0) is 14.8 Å². The van der Waals surface area contributed by atoms with Gasteiger partial charge in [-0.25, -0.2) is 17.9 Å². The normalized spacial score (nSPS) is 18.0. The van der Waals surface area contributed by atoms with E-state index in [1.54, 1.807) is 12.1 Å². The molecule has 1 heterocycles. The minimum absolute atomic E-state index is 0.00795. The summed E-state index contributed by atoms with van der Waals surface area (Å²) in [6.07, 6.45) is 1.89. The molecule has 0 radical (unpaired) electrons. The first kappa shape index (κ1) is 18.5. The molecule has 6 nitrogen and oxygen atoms in total. The number of primary sulfonamides is 1. The molecule has 1 aliphatic heterocycles. The summed E-state index contributed by atoms with van der Waals surface area (Å²) in [6.45, 7) is 0.999. The van der Waals surface area contributed by atoms with E-state index in [2.05, 4.69) is 10.2 Å². The van der Waals surface area contributed by atoms with Gasteiger partial charge in [0.15, 0.2) is 0 Å². The number of benzene rings is 2. The summed E-state index contributed by atoms with van der Waals surface area (Å²) in [5, 5.41) is 7.80. The fourth-order valence-corrected chi connectivity index (χ4v) is 3.71. The Kier molecular flexibility index (Phi) is 5.36. The lowest BCUT2D eigenvalue weighted by Crippen LogP contribution is -2.32. The highest BCUT2D eigenvalue weighted by atomic mass is 32.2. The van der Waals surface area contributed by atoms with Crippen molar-refractivity contribution in [3.8, 4) is 0 Å². The van der Waals surface area contributed by atoms with E-state index in [1.165, 1.54) is 36.4 Å². The van der Waals surface area contributed by atoms with E-state index in [0.717, 1.165) is 24.9 Å². The maximum atomic E-state index is 13.1. The number of hydrogen-bond donors (Lipinski definition) is 2. The van der Waals surface area contributed by atoms with E-state index in [-0.39, 0.29) is 29.2 Å². The largest absolute Gasteiger partial charge is 0.325 e. The molecule has 26 heavy (non-hydrogen) atoms. The highest BCUT2D eigenvalue weighted by molar-refractivity contribution is 7.89. The molecule has 1 saturated heterocycles. The highest BCUT2D eigenvalue weighted by Crippen LogP contribution is 2.31. The maximum absolute atomic E-state index is 13.1. The molecule has 1 atom stereocenters. The minimum Gasteiger partial charge on any atom is -0.325 e. The topological polar surface area (TPSA) is 92.5 Å². The average molecular weight is 377 g/mol. The Balaban J connectivity index is 1.63. The summed E-state index contributed by atoms with van der Waals surface area (Å²) in [4.78, 5) is 14.4. The van der Waals surface area contributed by atoms with E-state index in [9.17, 15) is 17.6 Å². The Morgan fingerprint density at radius 1 is 1.15 bits per heavy atom. The number of nitrogens with one attached hydrogen (secondary N) is 1. The van der Waals surface area contributed by atoms with Crippen LogP contribution in [0.25, 0.3) is 0 Å². The summed E-state index contributed by atoms with van der Waals surface area (Å²) in [7, 11) is -3.76. The first-order valence-corrected chi connectivity index (χ1v) is 9.80. The van der Waals surface area contributed by atoms with Crippen molar-refractivity contribution in [2.45, 2.75) is 23.8 Å². The van der Waals surface area contributed by atoms with Gasteiger partial charge in [-0.1, -0.05) is 12.1 Å². The van der Waals surface area contributed by atoms with E-state index < -0.39 is 10.0 Å². The molecule has 2 aromatic carbocycles. The molecular weight excluding hydrogens is 357 g/mol. The number of sulfonamides is 1. The number of rotatable bonds is 5. The summed E-state index contributed by atoms with van der Waals surface area (Å²) in [6, 6.07) is 12.1. The Bertz CT molecular complexity index is 883. The molecule has 2 aromatic rings. The molecule has 0 saturated carbocycles. The average Bonchev–Trinajstić information content (AvgIpc) is 3.03. The zero-order valence-corrected chi connectivity index (χ0v) is 14.9. The number of hydrogen-bond acceptors (Lipinski definition) is 4. The van der Waals surface area contributed by atoms with Gasteiger partial charge in [0.05, 0.1) is 11.4 Å². The lowest BCUT2D eigenvalue weighted by molar-refractivity contribution is -0.117. The van der Waals surface area contributed by atoms with Gasteiger partial charge in [0.1, 0.15) is 5.82 Å². The number of nitrogens with two attached hydrogens (primary N) is 1. The van der Waals surface area contributed by atoms with Gasteiger partial charge < -0.3 is 5.32 Å². The Morgan fingerprint density at radius 3 is 2.42 bits per heavy atom. The Hall–Kier alpha value is -2.29. The molecule has 1 aliphatic rings. The van der Waals surface area contributed by atoms with Crippen molar-refractivity contribution in [3.05, 3.63) is 59.9 Å². The van der Waals surface area contributed by atoms with Crippen LogP contribution in [0.1, 0.15) is 24.4 Å². The zero-order chi connectivity index (χ0) is 18.7. The van der Waals surface area contributed by atoms with Crippen LogP contribution < -0.4 is 10.5 Å². The van der Waals surface area contributed by atoms with Gasteiger partial charge in [0, 0.05) is 11.7 Å². The Morgan fingerprint density at radius 2 is 1.81 bits per heavy atom. The SMILES string of the molecule is NS(=O)(=O)c1ccc(NC(=O)CN2CCC[C@H]2c2ccc(F)cc2)cc1. The third-order valence-electron chi connectivity index (χ3n) is 4.43. The number of likely N-dealkylation sites (tertiary alicyclic amines) is 1. The second kappa shape index (κ2) is 7.53. The number of amides is 1. The van der Waals surface area contributed by atoms with Gasteiger partial charge in [-0.05, 0) is 61.3 Å². The van der Waals surface area contributed by atoms with Crippen molar-refractivity contribution in [1.29, 1.82) is 0 Å². The molecule has 3 rings (SSSR count). The van der Waals surface area contributed by atoms with Crippen molar-refractivity contribution in [3.63, 3.8) is 0 Å². The van der Waals surface area contributed by atoms with Gasteiger partial charge in [-0.3, -0.25) is 9.69 Å². The lowest BCUT2D eigenvalue weighted by atomic mass is 10.0. The van der Waals surface area contributed by atoms with E-state index >= 15 is 0 Å². The van der Waals surface area contributed by atoms with E-state index in [4.69, 9.17) is 5.14 Å². The number of carbonyl (C=O) groups excluding carboxylic acids is 1. The van der Waals surface area contributed by atoms with Crippen molar-refractivity contribution in [2.75, 3.05) is 18.4 Å². The fraction of sp³-hybridized carbons (Fsp3) is 0.278. The fourth-order valence-electron chi connectivity index (χ4n) is 3.19. The van der Waals surface area contributed by atoms with Gasteiger partial charge in [-0.15, -0.1) is 0 Å². The molecular formula is C18H20FN3O3S. The predicted molar refractivity (Wildman–Crippen MR) is 96.4 cm³/mol. The van der Waals surface area contributed by atoms with Crippen LogP contribution in [0.4, 0.5) is 10.1 Å². The molecule has 8 heteroatoms.